The molecule has 0 fully saturated rings. The van der Waals surface area contributed by atoms with Gasteiger partial charge in [-0.3, -0.25) is 4.72 Å². The lowest BCUT2D eigenvalue weighted by atomic mass is 10.3. The van der Waals surface area contributed by atoms with Crippen molar-refractivity contribution < 1.29 is 13.2 Å². The molecule has 0 aliphatic carbocycles. The second kappa shape index (κ2) is 4.56. The Kier molecular flexibility index (Phi) is 3.82. The van der Waals surface area contributed by atoms with Gasteiger partial charge in [0.2, 0.25) is 0 Å². The van der Waals surface area contributed by atoms with Gasteiger partial charge in [0, 0.05) is 5.02 Å². The lowest BCUT2D eigenvalue weighted by molar-refractivity contribution is 0.414. The molecule has 0 unspecified atom stereocenters. The van der Waals surface area contributed by atoms with Gasteiger partial charge in [0.15, 0.2) is 5.75 Å². The Labute approximate surface area is 101 Å². The van der Waals surface area contributed by atoms with E-state index in [-0.39, 0.29) is 5.69 Å². The van der Waals surface area contributed by atoms with Crippen LogP contribution in [0.3, 0.4) is 0 Å². The zero-order valence-corrected chi connectivity index (χ0v) is 10.8. The van der Waals surface area contributed by atoms with E-state index in [1.807, 2.05) is 0 Å². The molecule has 0 saturated carbocycles. The smallest absolute Gasteiger partial charge is 0.296 e. The molecule has 1 aromatic rings. The van der Waals surface area contributed by atoms with Gasteiger partial charge >= 0.3 is 0 Å². The van der Waals surface area contributed by atoms with Crippen molar-refractivity contribution in [2.24, 2.45) is 5.14 Å². The minimum absolute atomic E-state index is 0.180. The van der Waals surface area contributed by atoms with Crippen molar-refractivity contribution in [3.63, 3.8) is 0 Å². The Bertz CT molecular complexity index is 477. The number of halogens is 2. The van der Waals surface area contributed by atoms with Gasteiger partial charge in [-0.15, -0.1) is 0 Å². The highest BCUT2D eigenvalue weighted by molar-refractivity contribution is 9.10. The summed E-state index contributed by atoms with van der Waals surface area (Å²) in [5.74, 6) is 0.313. The van der Waals surface area contributed by atoms with Crippen molar-refractivity contribution in [2.45, 2.75) is 0 Å². The third-order valence-corrected chi connectivity index (χ3v) is 2.78. The molecule has 0 amide bonds. The zero-order valence-electron chi connectivity index (χ0n) is 7.62. The van der Waals surface area contributed by atoms with Crippen molar-refractivity contribution in [1.29, 1.82) is 0 Å². The summed E-state index contributed by atoms with van der Waals surface area (Å²) in [6, 6.07) is 2.98. The average Bonchev–Trinajstić information content (AvgIpc) is 1.99. The largest absolute Gasteiger partial charge is 0.493 e. The van der Waals surface area contributed by atoms with Crippen LogP contribution in [-0.2, 0) is 10.2 Å². The highest BCUT2D eigenvalue weighted by Gasteiger charge is 2.12. The summed E-state index contributed by atoms with van der Waals surface area (Å²) in [5, 5.41) is 5.19. The Morgan fingerprint density at radius 1 is 1.53 bits per heavy atom. The van der Waals surface area contributed by atoms with Crippen LogP contribution in [0.1, 0.15) is 0 Å². The predicted molar refractivity (Wildman–Crippen MR) is 62.4 cm³/mol. The molecule has 3 N–H and O–H groups in total. The van der Waals surface area contributed by atoms with Crippen LogP contribution >= 0.6 is 27.5 Å². The molecule has 15 heavy (non-hydrogen) atoms. The maximum Gasteiger partial charge on any atom is 0.296 e. The molecule has 0 aromatic heterocycles. The van der Waals surface area contributed by atoms with Crippen molar-refractivity contribution >= 4 is 43.4 Å². The highest BCUT2D eigenvalue weighted by atomic mass is 79.9. The molecular weight excluding hydrogens is 308 g/mol. The monoisotopic (exact) mass is 314 g/mol. The van der Waals surface area contributed by atoms with Gasteiger partial charge in [-0.2, -0.15) is 8.42 Å². The van der Waals surface area contributed by atoms with E-state index >= 15 is 0 Å². The number of hydrogen-bond acceptors (Lipinski definition) is 3. The average molecular weight is 316 g/mol. The first-order chi connectivity index (χ1) is 6.83. The highest BCUT2D eigenvalue weighted by Crippen LogP contribution is 2.36. The number of rotatable bonds is 3. The van der Waals surface area contributed by atoms with Crippen molar-refractivity contribution in [3.8, 4) is 5.75 Å². The van der Waals surface area contributed by atoms with Crippen LogP contribution in [-0.4, -0.2) is 15.5 Å². The number of ether oxygens (including phenoxy) is 1. The fourth-order valence-electron chi connectivity index (χ4n) is 0.997. The standard InChI is InChI=1S/C7H8BrClN2O3S/c1-14-7-5(8)2-4(9)3-6(7)11-15(10,12)13/h2-3,11H,1H3,(H2,10,12,13). The molecule has 1 aromatic carbocycles. The second-order valence-electron chi connectivity index (χ2n) is 2.62. The molecule has 0 aliphatic heterocycles. The molecule has 5 nitrogen and oxygen atoms in total. The molecule has 0 spiro atoms. The van der Waals surface area contributed by atoms with Gasteiger partial charge in [-0.25, -0.2) is 5.14 Å². The van der Waals surface area contributed by atoms with Gasteiger partial charge < -0.3 is 4.74 Å². The molecule has 0 radical (unpaired) electrons. The van der Waals surface area contributed by atoms with E-state index in [1.54, 1.807) is 6.07 Å². The summed E-state index contributed by atoms with van der Waals surface area (Å²) in [4.78, 5) is 0. The van der Waals surface area contributed by atoms with Gasteiger partial charge in [0.25, 0.3) is 10.2 Å². The summed E-state index contributed by atoms with van der Waals surface area (Å²) < 4.78 is 29.3. The van der Waals surface area contributed by atoms with Gasteiger partial charge in [0.1, 0.15) is 0 Å². The third-order valence-electron chi connectivity index (χ3n) is 1.46. The Morgan fingerprint density at radius 2 is 2.13 bits per heavy atom. The topological polar surface area (TPSA) is 81.4 Å². The molecule has 8 heteroatoms. The maximum atomic E-state index is 10.8. The van der Waals surface area contributed by atoms with E-state index < -0.39 is 10.2 Å². The van der Waals surface area contributed by atoms with Crippen LogP contribution in [0.25, 0.3) is 0 Å². The van der Waals surface area contributed by atoms with E-state index in [0.717, 1.165) is 0 Å². The Hall–Kier alpha value is -0.500. The summed E-state index contributed by atoms with van der Waals surface area (Å²) in [7, 11) is -2.45. The van der Waals surface area contributed by atoms with E-state index in [9.17, 15) is 8.42 Å². The predicted octanol–water partition coefficient (Wildman–Crippen LogP) is 1.73. The van der Waals surface area contributed by atoms with E-state index in [0.29, 0.717) is 15.2 Å². The molecule has 84 valence electrons. The van der Waals surface area contributed by atoms with E-state index in [1.165, 1.54) is 13.2 Å². The van der Waals surface area contributed by atoms with Gasteiger partial charge in [-0.1, -0.05) is 11.6 Å². The Morgan fingerprint density at radius 3 is 2.60 bits per heavy atom. The quantitative estimate of drug-likeness (QED) is 0.891. The lowest BCUT2D eigenvalue weighted by Gasteiger charge is -2.11. The lowest BCUT2D eigenvalue weighted by Crippen LogP contribution is -2.22. The normalized spacial score (nSPS) is 11.2. The number of nitrogens with two attached hydrogens (primary N) is 1. The molecule has 0 heterocycles. The van der Waals surface area contributed by atoms with Crippen molar-refractivity contribution in [3.05, 3.63) is 21.6 Å². The minimum Gasteiger partial charge on any atom is -0.493 e. The Balaban J connectivity index is 3.27. The van der Waals surface area contributed by atoms with Crippen molar-refractivity contribution in [2.75, 3.05) is 11.8 Å². The summed E-state index contributed by atoms with van der Waals surface area (Å²) in [6.07, 6.45) is 0. The first kappa shape index (κ1) is 12.6. The first-order valence-electron chi connectivity index (χ1n) is 3.67. The molecule has 0 atom stereocenters. The molecule has 1 rings (SSSR count). The molecule has 0 bridgehead atoms. The molecule has 0 aliphatic rings. The molecule has 0 saturated heterocycles. The van der Waals surface area contributed by atoms with Crippen LogP contribution in [0.5, 0.6) is 5.75 Å². The van der Waals surface area contributed by atoms with E-state index in [4.69, 9.17) is 21.5 Å². The SMILES string of the molecule is COc1c(Br)cc(Cl)cc1NS(N)(=O)=O. The van der Waals surface area contributed by atoms with Crippen LogP contribution < -0.4 is 14.6 Å². The number of nitrogens with one attached hydrogen (secondary N) is 1. The second-order valence-corrected chi connectivity index (χ2v) is 5.20. The maximum absolute atomic E-state index is 10.8. The van der Waals surface area contributed by atoms with Crippen LogP contribution in [0.2, 0.25) is 5.02 Å². The summed E-state index contributed by atoms with van der Waals surface area (Å²) in [6.45, 7) is 0. The number of methoxy groups -OCH3 is 1. The van der Waals surface area contributed by atoms with Crippen molar-refractivity contribution in [1.82, 2.24) is 0 Å². The minimum atomic E-state index is -3.85. The zero-order chi connectivity index (χ0) is 11.6. The number of anilines is 1. The van der Waals surface area contributed by atoms with E-state index in [2.05, 4.69) is 20.7 Å². The fraction of sp³-hybridized carbons (Fsp3) is 0.143. The van der Waals surface area contributed by atoms with Gasteiger partial charge in [-0.05, 0) is 28.1 Å². The van der Waals surface area contributed by atoms with Crippen LogP contribution in [0.4, 0.5) is 5.69 Å². The molecular formula is C7H8BrClN2O3S. The van der Waals surface area contributed by atoms with Crippen LogP contribution in [0, 0.1) is 0 Å². The first-order valence-corrected chi connectivity index (χ1v) is 6.39. The number of benzene rings is 1. The number of hydrogen-bond donors (Lipinski definition) is 2. The fourth-order valence-corrected chi connectivity index (χ4v) is 2.43. The summed E-state index contributed by atoms with van der Waals surface area (Å²) in [5.41, 5.74) is 0.180. The third kappa shape index (κ3) is 3.53. The van der Waals surface area contributed by atoms with Crippen LogP contribution in [0.15, 0.2) is 16.6 Å². The summed E-state index contributed by atoms with van der Waals surface area (Å²) >= 11 is 8.93. The van der Waals surface area contributed by atoms with Gasteiger partial charge in [0.05, 0.1) is 17.3 Å².